The van der Waals surface area contributed by atoms with Crippen LogP contribution in [-0.2, 0) is 32.9 Å². The van der Waals surface area contributed by atoms with Crippen LogP contribution < -0.4 is 0 Å². The zero-order valence-electron chi connectivity index (χ0n) is 32.2. The molecule has 3 saturated heterocycles. The minimum atomic E-state index is -1.68. The molecule has 284 valence electrons. The van der Waals surface area contributed by atoms with Crippen molar-refractivity contribution in [2.24, 2.45) is 0 Å². The highest BCUT2D eigenvalue weighted by Gasteiger charge is 2.42. The van der Waals surface area contributed by atoms with Gasteiger partial charge in [-0.1, -0.05) is 90.4 Å². The second kappa shape index (κ2) is 22.3. The molecule has 4 aliphatic heterocycles. The van der Waals surface area contributed by atoms with E-state index in [0.29, 0.717) is 12.9 Å². The first-order valence-electron chi connectivity index (χ1n) is 20.9. The van der Waals surface area contributed by atoms with Crippen LogP contribution in [0, 0.1) is 0 Å². The molecule has 0 spiro atoms. The molecule has 4 heterocycles. The lowest BCUT2D eigenvalue weighted by Crippen LogP contribution is -2.40. The highest BCUT2D eigenvalue weighted by molar-refractivity contribution is 6.69. The van der Waals surface area contributed by atoms with Crippen LogP contribution in [-0.4, -0.2) is 69.9 Å². The van der Waals surface area contributed by atoms with Gasteiger partial charge in [-0.25, -0.2) is 4.79 Å². The van der Waals surface area contributed by atoms with Gasteiger partial charge in [0.2, 0.25) is 0 Å². The fourth-order valence-corrected chi connectivity index (χ4v) is 9.57. The maximum Gasteiger partial charge on any atom is 0.334 e. The van der Waals surface area contributed by atoms with Crippen molar-refractivity contribution in [2.75, 3.05) is 6.79 Å². The van der Waals surface area contributed by atoms with Crippen molar-refractivity contribution >= 4 is 14.3 Å². The van der Waals surface area contributed by atoms with E-state index in [0.717, 1.165) is 69.8 Å². The lowest BCUT2D eigenvalue weighted by atomic mass is 9.99. The van der Waals surface area contributed by atoms with Gasteiger partial charge in [0.25, 0.3) is 0 Å². The van der Waals surface area contributed by atoms with E-state index in [1.54, 1.807) is 0 Å². The lowest BCUT2D eigenvalue weighted by molar-refractivity contribution is -0.174. The highest BCUT2D eigenvalue weighted by atomic mass is 28.4. The summed E-state index contributed by atoms with van der Waals surface area (Å²) in [6.45, 7) is 11.5. The van der Waals surface area contributed by atoms with E-state index in [2.05, 4.69) is 26.6 Å². The summed E-state index contributed by atoms with van der Waals surface area (Å²) in [5.41, 5.74) is 0.883. The average Bonchev–Trinajstić information content (AvgIpc) is 3.80. The van der Waals surface area contributed by atoms with Gasteiger partial charge in [0, 0.05) is 5.57 Å². The van der Waals surface area contributed by atoms with Gasteiger partial charge in [-0.05, 0) is 103 Å². The van der Waals surface area contributed by atoms with Crippen LogP contribution in [0.2, 0.25) is 19.6 Å². The fraction of sp³-hybridized carbons (Fsp3) is 0.927. The van der Waals surface area contributed by atoms with Crippen molar-refractivity contribution in [3.63, 3.8) is 0 Å². The topological polar surface area (TPSA) is 72.5 Å². The largest absolute Gasteiger partial charge is 0.455 e. The molecule has 0 aliphatic carbocycles. The smallest absolute Gasteiger partial charge is 0.334 e. The predicted molar refractivity (Wildman–Crippen MR) is 200 cm³/mol. The summed E-state index contributed by atoms with van der Waals surface area (Å²) >= 11 is 0. The van der Waals surface area contributed by atoms with E-state index in [1.165, 1.54) is 89.9 Å². The summed E-state index contributed by atoms with van der Waals surface area (Å²) in [6.07, 6.45) is 32.0. The molecule has 49 heavy (non-hydrogen) atoms. The second-order valence-electron chi connectivity index (χ2n) is 16.6. The molecule has 0 aromatic heterocycles. The molecule has 0 aromatic carbocycles. The van der Waals surface area contributed by atoms with Crippen molar-refractivity contribution in [1.29, 1.82) is 0 Å². The Kier molecular flexibility index (Phi) is 18.7. The van der Waals surface area contributed by atoms with E-state index >= 15 is 0 Å². The second-order valence-corrected chi connectivity index (χ2v) is 21.1. The Morgan fingerprint density at radius 1 is 0.735 bits per heavy atom. The van der Waals surface area contributed by atoms with Crippen LogP contribution in [0.25, 0.3) is 0 Å². The fourth-order valence-electron chi connectivity index (χ4n) is 8.39. The normalized spacial score (nSPS) is 30.3. The SMILES string of the molecule is CCCCCC[C@H]1CCC[C@@H]([C@H]2CC[C@H]([C@H]3CC[C@H]([C@@H](CCCCCCCCCCCCC4=C[C@H](C)OC4=O)O[Si](C)(C)C)O3)O2)OCO1. The number of hydrogen-bond donors (Lipinski definition) is 0. The summed E-state index contributed by atoms with van der Waals surface area (Å²) in [5.74, 6) is -0.105. The maximum atomic E-state index is 11.7. The number of hydrogen-bond acceptors (Lipinski definition) is 7. The minimum absolute atomic E-state index is 0.0404. The van der Waals surface area contributed by atoms with E-state index in [9.17, 15) is 4.79 Å². The number of rotatable bonds is 23. The molecule has 4 aliphatic rings. The van der Waals surface area contributed by atoms with Crippen molar-refractivity contribution in [3.8, 4) is 0 Å². The molecular formula is C41H74O7Si. The van der Waals surface area contributed by atoms with Crippen LogP contribution in [0.1, 0.15) is 168 Å². The molecular weight excluding hydrogens is 633 g/mol. The molecule has 0 N–H and O–H groups in total. The van der Waals surface area contributed by atoms with Crippen LogP contribution in [0.5, 0.6) is 0 Å². The average molecular weight is 707 g/mol. The van der Waals surface area contributed by atoms with Crippen molar-refractivity contribution in [2.45, 2.75) is 236 Å². The molecule has 0 radical (unpaired) electrons. The zero-order valence-corrected chi connectivity index (χ0v) is 33.2. The maximum absolute atomic E-state index is 11.7. The molecule has 7 nitrogen and oxygen atoms in total. The number of ether oxygens (including phenoxy) is 5. The van der Waals surface area contributed by atoms with Crippen molar-refractivity contribution in [3.05, 3.63) is 11.6 Å². The molecule has 8 heteroatoms. The zero-order chi connectivity index (χ0) is 34.9. The summed E-state index contributed by atoms with van der Waals surface area (Å²) in [7, 11) is -1.68. The first-order chi connectivity index (χ1) is 23.7. The van der Waals surface area contributed by atoms with Gasteiger partial charge in [0.1, 0.15) is 12.9 Å². The minimum Gasteiger partial charge on any atom is -0.455 e. The summed E-state index contributed by atoms with van der Waals surface area (Å²) in [6, 6.07) is 0. The number of carbonyl (C=O) groups excluding carboxylic acids is 1. The number of cyclic esters (lactones) is 1. The molecule has 0 amide bonds. The Morgan fingerprint density at radius 2 is 1.37 bits per heavy atom. The van der Waals surface area contributed by atoms with Gasteiger partial charge in [-0.3, -0.25) is 0 Å². The third-order valence-electron chi connectivity index (χ3n) is 11.1. The Hall–Kier alpha value is -0.773. The van der Waals surface area contributed by atoms with Gasteiger partial charge in [0.15, 0.2) is 8.32 Å². The third-order valence-corrected chi connectivity index (χ3v) is 12.1. The Balaban J connectivity index is 1.06. The van der Waals surface area contributed by atoms with Crippen LogP contribution in [0.3, 0.4) is 0 Å². The monoisotopic (exact) mass is 707 g/mol. The van der Waals surface area contributed by atoms with E-state index in [4.69, 9.17) is 28.1 Å². The van der Waals surface area contributed by atoms with Crippen LogP contribution in [0.4, 0.5) is 0 Å². The molecule has 8 atom stereocenters. The third kappa shape index (κ3) is 15.4. The van der Waals surface area contributed by atoms with Gasteiger partial charge in [-0.15, -0.1) is 0 Å². The quantitative estimate of drug-likeness (QED) is 0.0595. The predicted octanol–water partition coefficient (Wildman–Crippen LogP) is 10.7. The summed E-state index contributed by atoms with van der Waals surface area (Å²) in [5, 5.41) is 0. The standard InChI is InChI=1S/C41H74O7Si/c1-6-7-8-18-22-34-23-20-25-35(44-31-43-34)36-26-27-37(46-36)38-28-29-39(47-38)40(48-49(3,4)5)24-19-16-14-12-10-9-11-13-15-17-21-33-30-32(2)45-41(33)42/h30,32,34-40H,6-29,31H2,1-5H3/t32-,34-,35-,36+,37+,38+,39+,40+/m0/s1. The Morgan fingerprint density at radius 3 is 2.04 bits per heavy atom. The molecule has 0 bridgehead atoms. The van der Waals surface area contributed by atoms with Gasteiger partial charge in [-0.2, -0.15) is 0 Å². The summed E-state index contributed by atoms with van der Waals surface area (Å²) < 4.78 is 37.8. The van der Waals surface area contributed by atoms with Crippen molar-refractivity contribution < 1.29 is 32.9 Å². The van der Waals surface area contributed by atoms with E-state index < -0.39 is 8.32 Å². The molecule has 4 rings (SSSR count). The molecule has 3 fully saturated rings. The van der Waals surface area contributed by atoms with Crippen molar-refractivity contribution in [1.82, 2.24) is 0 Å². The number of unbranched alkanes of at least 4 members (excludes halogenated alkanes) is 12. The molecule has 0 aromatic rings. The Bertz CT molecular complexity index is 941. The first-order valence-corrected chi connectivity index (χ1v) is 24.3. The number of esters is 1. The first kappa shape index (κ1) is 41.0. The molecule has 0 saturated carbocycles. The van der Waals surface area contributed by atoms with E-state index in [1.807, 2.05) is 13.0 Å². The Labute approximate surface area is 301 Å². The van der Waals surface area contributed by atoms with Gasteiger partial charge < -0.3 is 28.1 Å². The highest BCUT2D eigenvalue weighted by Crippen LogP contribution is 2.37. The lowest BCUT2D eigenvalue weighted by Gasteiger charge is -2.32. The van der Waals surface area contributed by atoms with Gasteiger partial charge >= 0.3 is 5.97 Å². The van der Waals surface area contributed by atoms with E-state index in [-0.39, 0.29) is 48.7 Å². The van der Waals surface area contributed by atoms with Gasteiger partial charge in [0.05, 0.1) is 42.7 Å². The number of carbonyl (C=O) groups is 1. The van der Waals surface area contributed by atoms with Crippen LogP contribution >= 0.6 is 0 Å². The summed E-state index contributed by atoms with van der Waals surface area (Å²) in [4.78, 5) is 11.7. The molecule has 0 unspecified atom stereocenters. The van der Waals surface area contributed by atoms with Crippen LogP contribution in [0.15, 0.2) is 11.6 Å².